The minimum absolute atomic E-state index is 0.00696. The molecular weight excluding hydrogens is 328 g/mol. The second-order valence-corrected chi connectivity index (χ2v) is 6.46. The number of aromatic nitrogens is 1. The predicted octanol–water partition coefficient (Wildman–Crippen LogP) is 2.10. The molecule has 0 bridgehead atoms. The molecule has 1 N–H and O–H groups in total. The fourth-order valence-corrected chi connectivity index (χ4v) is 2.98. The molecule has 1 fully saturated rings. The Morgan fingerprint density at radius 3 is 2.77 bits per heavy atom. The molecular formula is C20H26N4O2. The molecule has 1 aliphatic rings. The fourth-order valence-electron chi connectivity index (χ4n) is 2.98. The van der Waals surface area contributed by atoms with E-state index in [1.807, 2.05) is 43.4 Å². The van der Waals surface area contributed by atoms with Gasteiger partial charge in [0.2, 0.25) is 0 Å². The summed E-state index contributed by atoms with van der Waals surface area (Å²) in [5, 5.41) is 3.31. The van der Waals surface area contributed by atoms with Crippen LogP contribution in [0, 0.1) is 0 Å². The van der Waals surface area contributed by atoms with Crippen LogP contribution in [-0.2, 0) is 11.3 Å². The van der Waals surface area contributed by atoms with E-state index in [1.54, 1.807) is 17.2 Å². The van der Waals surface area contributed by atoms with Gasteiger partial charge in [0.15, 0.2) is 0 Å². The lowest BCUT2D eigenvalue weighted by Gasteiger charge is -2.26. The quantitative estimate of drug-likeness (QED) is 0.825. The minimum atomic E-state index is -0.00696. The number of pyridine rings is 1. The summed E-state index contributed by atoms with van der Waals surface area (Å²) in [5.74, 6) is 0.727. The highest BCUT2D eigenvalue weighted by Gasteiger charge is 2.13. The second kappa shape index (κ2) is 9.31. The molecule has 6 heteroatoms. The first-order chi connectivity index (χ1) is 12.7. The molecule has 0 atom stereocenters. The van der Waals surface area contributed by atoms with Gasteiger partial charge in [-0.25, -0.2) is 4.98 Å². The highest BCUT2D eigenvalue weighted by Crippen LogP contribution is 2.11. The molecule has 2 heterocycles. The number of hydrogen-bond acceptors (Lipinski definition) is 5. The van der Waals surface area contributed by atoms with Crippen LogP contribution >= 0.6 is 0 Å². The zero-order valence-corrected chi connectivity index (χ0v) is 15.2. The Bertz CT molecular complexity index is 702. The number of rotatable bonds is 7. The van der Waals surface area contributed by atoms with E-state index >= 15 is 0 Å². The maximum Gasteiger partial charge on any atom is 0.254 e. The van der Waals surface area contributed by atoms with Gasteiger partial charge in [0.05, 0.1) is 13.2 Å². The largest absolute Gasteiger partial charge is 0.379 e. The Labute approximate surface area is 154 Å². The normalized spacial score (nSPS) is 14.8. The summed E-state index contributed by atoms with van der Waals surface area (Å²) >= 11 is 0. The van der Waals surface area contributed by atoms with E-state index in [-0.39, 0.29) is 5.91 Å². The summed E-state index contributed by atoms with van der Waals surface area (Å²) < 4.78 is 5.35. The van der Waals surface area contributed by atoms with Crippen molar-refractivity contribution in [1.82, 2.24) is 14.8 Å². The molecule has 0 unspecified atom stereocenters. The molecule has 0 aliphatic carbocycles. The monoisotopic (exact) mass is 354 g/mol. The second-order valence-electron chi connectivity index (χ2n) is 6.46. The third-order valence-corrected chi connectivity index (χ3v) is 4.45. The van der Waals surface area contributed by atoms with E-state index in [9.17, 15) is 4.79 Å². The first-order valence-electron chi connectivity index (χ1n) is 9.02. The lowest BCUT2D eigenvalue weighted by molar-refractivity contribution is 0.0398. The number of morpholine rings is 1. The van der Waals surface area contributed by atoms with Gasteiger partial charge in [-0.15, -0.1) is 0 Å². The van der Waals surface area contributed by atoms with E-state index in [4.69, 9.17) is 4.74 Å². The SMILES string of the molecule is CN(Cc1ccccc1)C(=O)c1ccnc(NCCN2CCOCC2)c1. The molecule has 0 saturated carbocycles. The lowest BCUT2D eigenvalue weighted by atomic mass is 10.2. The third kappa shape index (κ3) is 5.28. The molecule has 3 rings (SSSR count). The van der Waals surface area contributed by atoms with Gasteiger partial charge in [0, 0.05) is 51.5 Å². The van der Waals surface area contributed by atoms with Crippen LogP contribution in [-0.4, -0.2) is 67.1 Å². The topological polar surface area (TPSA) is 57.7 Å². The van der Waals surface area contributed by atoms with Gasteiger partial charge in [-0.1, -0.05) is 30.3 Å². The fraction of sp³-hybridized carbons (Fsp3) is 0.400. The van der Waals surface area contributed by atoms with Crippen molar-refractivity contribution in [3.63, 3.8) is 0 Å². The van der Waals surface area contributed by atoms with Crippen LogP contribution in [0.25, 0.3) is 0 Å². The van der Waals surface area contributed by atoms with Crippen molar-refractivity contribution in [2.45, 2.75) is 6.54 Å². The van der Waals surface area contributed by atoms with E-state index in [1.165, 1.54) is 0 Å². The number of hydrogen-bond donors (Lipinski definition) is 1. The van der Waals surface area contributed by atoms with Crippen LogP contribution in [0.15, 0.2) is 48.7 Å². The average molecular weight is 354 g/mol. The van der Waals surface area contributed by atoms with Crippen LogP contribution in [0.1, 0.15) is 15.9 Å². The first-order valence-corrected chi connectivity index (χ1v) is 9.02. The van der Waals surface area contributed by atoms with Gasteiger partial charge >= 0.3 is 0 Å². The summed E-state index contributed by atoms with van der Waals surface area (Å²) in [6, 6.07) is 13.6. The number of nitrogens with zero attached hydrogens (tertiary/aromatic N) is 3. The molecule has 2 aromatic rings. The summed E-state index contributed by atoms with van der Waals surface area (Å²) in [6.07, 6.45) is 1.68. The van der Waals surface area contributed by atoms with E-state index in [0.717, 1.165) is 50.8 Å². The smallest absolute Gasteiger partial charge is 0.254 e. The van der Waals surface area contributed by atoms with Crippen molar-refractivity contribution < 1.29 is 9.53 Å². The highest BCUT2D eigenvalue weighted by atomic mass is 16.5. The van der Waals surface area contributed by atoms with Gasteiger partial charge in [-0.05, 0) is 17.7 Å². The Hall–Kier alpha value is -2.44. The number of nitrogens with one attached hydrogen (secondary N) is 1. The Kier molecular flexibility index (Phi) is 6.57. The zero-order chi connectivity index (χ0) is 18.2. The highest BCUT2D eigenvalue weighted by molar-refractivity contribution is 5.94. The van der Waals surface area contributed by atoms with Crippen molar-refractivity contribution in [2.75, 3.05) is 51.8 Å². The van der Waals surface area contributed by atoms with Crippen molar-refractivity contribution >= 4 is 11.7 Å². The molecule has 0 spiro atoms. The molecule has 26 heavy (non-hydrogen) atoms. The molecule has 1 aliphatic heterocycles. The molecule has 1 aromatic carbocycles. The summed E-state index contributed by atoms with van der Waals surface area (Å²) in [7, 11) is 1.82. The molecule has 1 saturated heterocycles. The Morgan fingerprint density at radius 2 is 2.00 bits per heavy atom. The van der Waals surface area contributed by atoms with Crippen molar-refractivity contribution in [1.29, 1.82) is 0 Å². The van der Waals surface area contributed by atoms with Crippen molar-refractivity contribution in [2.24, 2.45) is 0 Å². The number of carbonyl (C=O) groups excluding carboxylic acids is 1. The number of anilines is 1. The van der Waals surface area contributed by atoms with Crippen LogP contribution in [0.3, 0.4) is 0 Å². The Balaban J connectivity index is 1.53. The predicted molar refractivity (Wildman–Crippen MR) is 102 cm³/mol. The van der Waals surface area contributed by atoms with Gasteiger partial charge in [-0.3, -0.25) is 9.69 Å². The van der Waals surface area contributed by atoms with E-state index in [2.05, 4.69) is 15.2 Å². The molecule has 1 amide bonds. The number of amides is 1. The van der Waals surface area contributed by atoms with Crippen LogP contribution in [0.2, 0.25) is 0 Å². The summed E-state index contributed by atoms with van der Waals surface area (Å²) in [5.41, 5.74) is 1.76. The standard InChI is InChI=1S/C20H26N4O2/c1-23(16-17-5-3-2-4-6-17)20(25)18-7-8-21-19(15-18)22-9-10-24-11-13-26-14-12-24/h2-8,15H,9-14,16H2,1H3,(H,21,22). The van der Waals surface area contributed by atoms with Gasteiger partial charge in [-0.2, -0.15) is 0 Å². The van der Waals surface area contributed by atoms with Gasteiger partial charge < -0.3 is 15.0 Å². The maximum atomic E-state index is 12.7. The number of benzene rings is 1. The van der Waals surface area contributed by atoms with Gasteiger partial charge in [0.1, 0.15) is 5.82 Å². The van der Waals surface area contributed by atoms with Gasteiger partial charge in [0.25, 0.3) is 5.91 Å². The number of carbonyl (C=O) groups is 1. The minimum Gasteiger partial charge on any atom is -0.379 e. The molecule has 1 aromatic heterocycles. The molecule has 138 valence electrons. The summed E-state index contributed by atoms with van der Waals surface area (Å²) in [6.45, 7) is 5.87. The lowest BCUT2D eigenvalue weighted by Crippen LogP contribution is -2.39. The third-order valence-electron chi connectivity index (χ3n) is 4.45. The average Bonchev–Trinajstić information content (AvgIpc) is 2.69. The van der Waals surface area contributed by atoms with Crippen LogP contribution in [0.4, 0.5) is 5.82 Å². The van der Waals surface area contributed by atoms with Crippen LogP contribution < -0.4 is 5.32 Å². The first kappa shape index (κ1) is 18.4. The number of ether oxygens (including phenoxy) is 1. The van der Waals surface area contributed by atoms with E-state index in [0.29, 0.717) is 12.1 Å². The molecule has 6 nitrogen and oxygen atoms in total. The zero-order valence-electron chi connectivity index (χ0n) is 15.2. The molecule has 0 radical (unpaired) electrons. The van der Waals surface area contributed by atoms with Crippen molar-refractivity contribution in [3.05, 3.63) is 59.8 Å². The van der Waals surface area contributed by atoms with E-state index < -0.39 is 0 Å². The maximum absolute atomic E-state index is 12.7. The van der Waals surface area contributed by atoms with Crippen LogP contribution in [0.5, 0.6) is 0 Å². The Morgan fingerprint density at radius 1 is 1.23 bits per heavy atom. The summed E-state index contributed by atoms with van der Waals surface area (Å²) in [4.78, 5) is 21.1. The van der Waals surface area contributed by atoms with Crippen molar-refractivity contribution in [3.8, 4) is 0 Å².